The van der Waals surface area contributed by atoms with Crippen molar-refractivity contribution in [3.05, 3.63) is 102 Å². The number of anilines is 1. The molecule has 0 radical (unpaired) electrons. The van der Waals surface area contributed by atoms with Crippen LogP contribution in [0.25, 0.3) is 0 Å². The zero-order valence-corrected chi connectivity index (χ0v) is 22.4. The van der Waals surface area contributed by atoms with E-state index in [0.717, 1.165) is 13.1 Å². The lowest BCUT2D eigenvalue weighted by Crippen LogP contribution is -2.50. The van der Waals surface area contributed by atoms with Crippen molar-refractivity contribution < 1.29 is 9.59 Å². The molecule has 0 saturated carbocycles. The molecule has 1 heterocycles. The summed E-state index contributed by atoms with van der Waals surface area (Å²) >= 11 is 5.35. The smallest absolute Gasteiger partial charge is 0.256 e. The Morgan fingerprint density at radius 3 is 1.84 bits per heavy atom. The molecule has 3 aromatic carbocycles. The van der Waals surface area contributed by atoms with Crippen molar-refractivity contribution >= 4 is 34.8 Å². The summed E-state index contributed by atoms with van der Waals surface area (Å²) in [7, 11) is 0. The molecular weight excluding hydrogens is 480 g/mol. The molecule has 6 nitrogen and oxygen atoms in total. The third-order valence-corrected chi connectivity index (χ3v) is 6.72. The van der Waals surface area contributed by atoms with E-state index in [4.69, 9.17) is 12.2 Å². The summed E-state index contributed by atoms with van der Waals surface area (Å²) in [5.74, 6) is -0.236. The van der Waals surface area contributed by atoms with Crippen LogP contribution < -0.4 is 10.6 Å². The molecular formula is C30H34N4O2S. The van der Waals surface area contributed by atoms with Crippen LogP contribution in [0.2, 0.25) is 0 Å². The molecule has 3 aromatic rings. The van der Waals surface area contributed by atoms with Crippen LogP contribution in [0.15, 0.2) is 84.9 Å². The van der Waals surface area contributed by atoms with Crippen LogP contribution in [0.3, 0.4) is 0 Å². The second kappa shape index (κ2) is 11.7. The van der Waals surface area contributed by atoms with Gasteiger partial charge in [-0.1, -0.05) is 93.6 Å². The average molecular weight is 515 g/mol. The van der Waals surface area contributed by atoms with Gasteiger partial charge < -0.3 is 15.5 Å². The van der Waals surface area contributed by atoms with Crippen LogP contribution in [0.4, 0.5) is 5.69 Å². The Bertz CT molecular complexity index is 1190. The van der Waals surface area contributed by atoms with E-state index in [9.17, 15) is 9.59 Å². The van der Waals surface area contributed by atoms with E-state index in [1.807, 2.05) is 49.9 Å². The molecule has 7 heteroatoms. The van der Waals surface area contributed by atoms with Crippen LogP contribution in [0, 0.1) is 5.41 Å². The highest BCUT2D eigenvalue weighted by atomic mass is 32.1. The SMILES string of the molecule is CC(C)(C)C(=O)NC(=S)Nc1ccccc1C(=O)N1CCN(C(c2ccccc2)c2ccccc2)CC1. The molecule has 2 N–H and O–H groups in total. The van der Waals surface area contributed by atoms with Gasteiger partial charge in [-0.3, -0.25) is 14.5 Å². The summed E-state index contributed by atoms with van der Waals surface area (Å²) in [6, 6.07) is 28.4. The molecule has 4 rings (SSSR count). The topological polar surface area (TPSA) is 64.7 Å². The fourth-order valence-electron chi connectivity index (χ4n) is 4.46. The fourth-order valence-corrected chi connectivity index (χ4v) is 4.66. The van der Waals surface area contributed by atoms with Gasteiger partial charge in [0.05, 0.1) is 17.3 Å². The number of para-hydroxylation sites is 1. The van der Waals surface area contributed by atoms with E-state index in [0.29, 0.717) is 24.3 Å². The number of benzene rings is 3. The van der Waals surface area contributed by atoms with Gasteiger partial charge in [0.2, 0.25) is 5.91 Å². The minimum Gasteiger partial charge on any atom is -0.336 e. The highest BCUT2D eigenvalue weighted by Gasteiger charge is 2.29. The van der Waals surface area contributed by atoms with Crippen LogP contribution in [0.1, 0.15) is 48.3 Å². The standard InChI is InChI=1S/C30H34N4O2S/c1-30(2,3)28(36)32-29(37)31-25-17-11-10-16-24(25)27(35)34-20-18-33(19-21-34)26(22-12-6-4-7-13-22)23-14-8-5-9-15-23/h4-17,26H,18-21H2,1-3H3,(H2,31,32,36,37). The van der Waals surface area contributed by atoms with Gasteiger partial charge in [0.15, 0.2) is 5.11 Å². The summed E-state index contributed by atoms with van der Waals surface area (Å²) in [6.07, 6.45) is 0. The maximum absolute atomic E-state index is 13.5. The minimum atomic E-state index is -0.571. The van der Waals surface area contributed by atoms with E-state index in [1.165, 1.54) is 11.1 Å². The van der Waals surface area contributed by atoms with Crippen LogP contribution in [-0.4, -0.2) is 52.9 Å². The fraction of sp³-hybridized carbons (Fsp3) is 0.300. The second-order valence-corrected chi connectivity index (χ2v) is 10.7. The van der Waals surface area contributed by atoms with Crippen molar-refractivity contribution in [1.82, 2.24) is 15.1 Å². The molecule has 1 saturated heterocycles. The number of carbonyl (C=O) groups excluding carboxylic acids is 2. The van der Waals surface area contributed by atoms with E-state index in [-0.39, 0.29) is 23.0 Å². The van der Waals surface area contributed by atoms with E-state index < -0.39 is 5.41 Å². The molecule has 1 aliphatic heterocycles. The van der Waals surface area contributed by atoms with E-state index in [2.05, 4.69) is 64.1 Å². The van der Waals surface area contributed by atoms with Gasteiger partial charge in [-0.2, -0.15) is 0 Å². The van der Waals surface area contributed by atoms with Gasteiger partial charge in [0.25, 0.3) is 5.91 Å². The number of hydrogen-bond acceptors (Lipinski definition) is 4. The highest BCUT2D eigenvalue weighted by molar-refractivity contribution is 7.80. The van der Waals surface area contributed by atoms with Crippen LogP contribution in [0.5, 0.6) is 0 Å². The molecule has 192 valence electrons. The third-order valence-electron chi connectivity index (χ3n) is 6.51. The molecule has 0 aliphatic carbocycles. The van der Waals surface area contributed by atoms with Gasteiger partial charge >= 0.3 is 0 Å². The Morgan fingerprint density at radius 1 is 0.784 bits per heavy atom. The molecule has 0 unspecified atom stereocenters. The Morgan fingerprint density at radius 2 is 1.30 bits per heavy atom. The molecule has 1 aliphatic rings. The summed E-state index contributed by atoms with van der Waals surface area (Å²) in [5.41, 5.74) is 3.03. The van der Waals surface area contributed by atoms with Gasteiger partial charge in [-0.15, -0.1) is 0 Å². The summed E-state index contributed by atoms with van der Waals surface area (Å²) in [5, 5.41) is 5.94. The predicted molar refractivity (Wildman–Crippen MR) is 152 cm³/mol. The molecule has 1 fully saturated rings. The van der Waals surface area contributed by atoms with Crippen LogP contribution in [-0.2, 0) is 4.79 Å². The van der Waals surface area contributed by atoms with Gasteiger partial charge in [0, 0.05) is 31.6 Å². The number of hydrogen-bond donors (Lipinski definition) is 2. The normalized spacial score (nSPS) is 14.3. The van der Waals surface area contributed by atoms with Gasteiger partial charge in [-0.05, 0) is 35.5 Å². The first-order chi connectivity index (χ1) is 17.7. The largest absolute Gasteiger partial charge is 0.336 e. The summed E-state index contributed by atoms with van der Waals surface area (Å²) in [4.78, 5) is 30.2. The molecule has 0 atom stereocenters. The zero-order valence-electron chi connectivity index (χ0n) is 21.6. The van der Waals surface area contributed by atoms with Crippen molar-refractivity contribution in [3.63, 3.8) is 0 Å². The molecule has 0 aromatic heterocycles. The number of nitrogens with one attached hydrogen (secondary N) is 2. The minimum absolute atomic E-state index is 0.0522. The first-order valence-electron chi connectivity index (χ1n) is 12.6. The van der Waals surface area contributed by atoms with E-state index >= 15 is 0 Å². The average Bonchev–Trinajstić information content (AvgIpc) is 2.90. The van der Waals surface area contributed by atoms with Crippen molar-refractivity contribution in [2.45, 2.75) is 26.8 Å². The third kappa shape index (κ3) is 6.61. The second-order valence-electron chi connectivity index (χ2n) is 10.3. The number of piperazine rings is 1. The first-order valence-corrected chi connectivity index (χ1v) is 13.0. The number of amides is 2. The van der Waals surface area contributed by atoms with Crippen molar-refractivity contribution in [3.8, 4) is 0 Å². The van der Waals surface area contributed by atoms with E-state index in [1.54, 1.807) is 12.1 Å². The number of nitrogens with zero attached hydrogens (tertiary/aromatic N) is 2. The number of thiocarbonyl (C=S) groups is 1. The molecule has 0 bridgehead atoms. The maximum Gasteiger partial charge on any atom is 0.256 e. The number of rotatable bonds is 5. The Balaban J connectivity index is 1.45. The lowest BCUT2D eigenvalue weighted by Gasteiger charge is -2.40. The first kappa shape index (κ1) is 26.5. The molecule has 37 heavy (non-hydrogen) atoms. The van der Waals surface area contributed by atoms with Crippen molar-refractivity contribution in [2.75, 3.05) is 31.5 Å². The van der Waals surface area contributed by atoms with Gasteiger partial charge in [0.1, 0.15) is 0 Å². The zero-order chi connectivity index (χ0) is 26.4. The Hall–Kier alpha value is -3.55. The summed E-state index contributed by atoms with van der Waals surface area (Å²) < 4.78 is 0. The Labute approximate surface area is 224 Å². The maximum atomic E-state index is 13.5. The molecule has 0 spiro atoms. The predicted octanol–water partition coefficient (Wildman–Crippen LogP) is 5.09. The monoisotopic (exact) mass is 514 g/mol. The van der Waals surface area contributed by atoms with Crippen molar-refractivity contribution in [1.29, 1.82) is 0 Å². The number of carbonyl (C=O) groups is 2. The Kier molecular flexibility index (Phi) is 8.36. The lowest BCUT2D eigenvalue weighted by atomic mass is 9.96. The lowest BCUT2D eigenvalue weighted by molar-refractivity contribution is -0.126. The molecule has 2 amide bonds. The quantitative estimate of drug-likeness (QED) is 0.464. The van der Waals surface area contributed by atoms with Crippen molar-refractivity contribution in [2.24, 2.45) is 5.41 Å². The van der Waals surface area contributed by atoms with Crippen LogP contribution >= 0.6 is 12.2 Å². The summed E-state index contributed by atoms with van der Waals surface area (Å²) in [6.45, 7) is 8.22. The van der Waals surface area contributed by atoms with Gasteiger partial charge in [-0.25, -0.2) is 0 Å². The highest BCUT2D eigenvalue weighted by Crippen LogP contribution is 2.30.